The van der Waals surface area contributed by atoms with Crippen LogP contribution in [0, 0.1) is 0 Å². The quantitative estimate of drug-likeness (QED) is 0.757. The second-order valence-corrected chi connectivity index (χ2v) is 5.59. The largest absolute Gasteiger partial charge is 0.497 e. The molecule has 130 valence electrons. The number of carbonyl (C=O) groups excluding carboxylic acids is 1. The number of carbonyl (C=O) groups is 1. The Morgan fingerprint density at radius 2 is 2.00 bits per heavy atom. The monoisotopic (exact) mass is 339 g/mol. The van der Waals surface area contributed by atoms with Gasteiger partial charge in [0.05, 0.1) is 12.8 Å². The number of aromatic nitrogens is 1. The molecular weight excluding hydrogens is 318 g/mol. The standard InChI is InChI=1S/C19H21N3O3/c1-3-11-21-12-13-22(17-5-4-10-20-19(17)21)18(23)14-25-16-8-6-15(24-2)7-9-16/h3-10H,1,11-14H2,2H3. The van der Waals surface area contributed by atoms with Gasteiger partial charge in [-0.2, -0.15) is 0 Å². The minimum absolute atomic E-state index is 0.0257. The molecule has 2 heterocycles. The Morgan fingerprint density at radius 3 is 2.72 bits per heavy atom. The van der Waals surface area contributed by atoms with Gasteiger partial charge < -0.3 is 19.3 Å². The van der Waals surface area contributed by atoms with E-state index in [0.717, 1.165) is 17.3 Å². The first-order valence-electron chi connectivity index (χ1n) is 8.11. The molecule has 1 aromatic heterocycles. The summed E-state index contributed by atoms with van der Waals surface area (Å²) in [5, 5.41) is 0. The molecule has 0 radical (unpaired) electrons. The summed E-state index contributed by atoms with van der Waals surface area (Å²) in [7, 11) is 1.61. The van der Waals surface area contributed by atoms with E-state index in [-0.39, 0.29) is 12.5 Å². The van der Waals surface area contributed by atoms with E-state index in [9.17, 15) is 4.79 Å². The van der Waals surface area contributed by atoms with Crippen molar-refractivity contribution < 1.29 is 14.3 Å². The first-order chi connectivity index (χ1) is 12.2. The first-order valence-corrected chi connectivity index (χ1v) is 8.11. The zero-order valence-electron chi connectivity index (χ0n) is 14.2. The zero-order chi connectivity index (χ0) is 17.6. The van der Waals surface area contributed by atoms with Gasteiger partial charge in [-0.3, -0.25) is 4.79 Å². The molecule has 0 bridgehead atoms. The van der Waals surface area contributed by atoms with Crippen LogP contribution in [0.1, 0.15) is 0 Å². The van der Waals surface area contributed by atoms with Crippen molar-refractivity contribution in [2.75, 3.05) is 43.2 Å². The molecule has 1 aromatic carbocycles. The summed E-state index contributed by atoms with van der Waals surface area (Å²) in [4.78, 5) is 20.9. The van der Waals surface area contributed by atoms with Crippen molar-refractivity contribution in [3.05, 3.63) is 55.3 Å². The Kier molecular flexibility index (Phi) is 5.18. The van der Waals surface area contributed by atoms with Crippen LogP contribution in [0.2, 0.25) is 0 Å². The molecule has 0 saturated heterocycles. The lowest BCUT2D eigenvalue weighted by atomic mass is 10.2. The van der Waals surface area contributed by atoms with Crippen molar-refractivity contribution >= 4 is 17.4 Å². The maximum absolute atomic E-state index is 12.6. The molecule has 0 spiro atoms. The van der Waals surface area contributed by atoms with Crippen molar-refractivity contribution in [3.8, 4) is 11.5 Å². The molecule has 1 aliphatic rings. The predicted molar refractivity (Wildman–Crippen MR) is 97.5 cm³/mol. The van der Waals surface area contributed by atoms with Gasteiger partial charge in [0.1, 0.15) is 11.5 Å². The fourth-order valence-electron chi connectivity index (χ4n) is 2.78. The highest BCUT2D eigenvalue weighted by atomic mass is 16.5. The predicted octanol–water partition coefficient (Wildman–Crippen LogP) is 2.51. The second kappa shape index (κ2) is 7.70. The summed E-state index contributed by atoms with van der Waals surface area (Å²) < 4.78 is 10.7. The number of benzene rings is 1. The van der Waals surface area contributed by atoms with Crippen LogP contribution in [0.15, 0.2) is 55.3 Å². The van der Waals surface area contributed by atoms with E-state index in [1.807, 2.05) is 18.2 Å². The number of nitrogens with zero attached hydrogens (tertiary/aromatic N) is 3. The van der Waals surface area contributed by atoms with Crippen LogP contribution in [0.5, 0.6) is 11.5 Å². The summed E-state index contributed by atoms with van der Waals surface area (Å²) in [6, 6.07) is 10.9. The Hall–Kier alpha value is -3.02. The molecule has 6 nitrogen and oxygen atoms in total. The van der Waals surface area contributed by atoms with Crippen LogP contribution in [0.3, 0.4) is 0 Å². The number of amides is 1. The van der Waals surface area contributed by atoms with E-state index in [1.54, 1.807) is 42.5 Å². The molecule has 0 unspecified atom stereocenters. The van der Waals surface area contributed by atoms with E-state index in [0.29, 0.717) is 25.4 Å². The number of pyridine rings is 1. The number of methoxy groups -OCH3 is 1. The zero-order valence-corrected chi connectivity index (χ0v) is 14.2. The van der Waals surface area contributed by atoms with E-state index < -0.39 is 0 Å². The summed E-state index contributed by atoms with van der Waals surface area (Å²) in [5.74, 6) is 2.08. The molecule has 2 aromatic rings. The first kappa shape index (κ1) is 16.8. The highest BCUT2D eigenvalue weighted by Crippen LogP contribution is 2.30. The summed E-state index contributed by atoms with van der Waals surface area (Å²) in [6.07, 6.45) is 3.57. The molecule has 0 atom stereocenters. The average molecular weight is 339 g/mol. The molecule has 1 amide bonds. The van der Waals surface area contributed by atoms with Crippen molar-refractivity contribution in [1.82, 2.24) is 4.98 Å². The van der Waals surface area contributed by atoms with Crippen LogP contribution in [0.25, 0.3) is 0 Å². The van der Waals surface area contributed by atoms with Crippen molar-refractivity contribution in [2.24, 2.45) is 0 Å². The van der Waals surface area contributed by atoms with E-state index in [2.05, 4.69) is 16.5 Å². The minimum Gasteiger partial charge on any atom is -0.497 e. The SMILES string of the molecule is C=CCN1CCN(C(=O)COc2ccc(OC)cc2)c2cccnc21. The van der Waals surface area contributed by atoms with Crippen molar-refractivity contribution in [1.29, 1.82) is 0 Å². The molecule has 0 fully saturated rings. The third kappa shape index (κ3) is 3.74. The molecule has 6 heteroatoms. The van der Waals surface area contributed by atoms with Crippen molar-refractivity contribution in [3.63, 3.8) is 0 Å². The van der Waals surface area contributed by atoms with Gasteiger partial charge in [-0.25, -0.2) is 4.98 Å². The molecule has 25 heavy (non-hydrogen) atoms. The highest BCUT2D eigenvalue weighted by Gasteiger charge is 2.27. The maximum atomic E-state index is 12.6. The highest BCUT2D eigenvalue weighted by molar-refractivity contribution is 5.98. The molecule has 0 saturated carbocycles. The van der Waals surface area contributed by atoms with Crippen LogP contribution < -0.4 is 19.3 Å². The lowest BCUT2D eigenvalue weighted by Gasteiger charge is -2.36. The van der Waals surface area contributed by atoms with Crippen molar-refractivity contribution in [2.45, 2.75) is 0 Å². The Balaban J connectivity index is 1.69. The van der Waals surface area contributed by atoms with Crippen LogP contribution >= 0.6 is 0 Å². The molecule has 1 aliphatic heterocycles. The van der Waals surface area contributed by atoms with E-state index in [1.165, 1.54) is 0 Å². The van der Waals surface area contributed by atoms with Gasteiger partial charge in [-0.1, -0.05) is 6.08 Å². The molecule has 0 aliphatic carbocycles. The number of hydrogen-bond donors (Lipinski definition) is 0. The second-order valence-electron chi connectivity index (χ2n) is 5.59. The minimum atomic E-state index is -0.0941. The third-order valence-corrected chi connectivity index (χ3v) is 4.02. The average Bonchev–Trinajstić information content (AvgIpc) is 2.67. The Labute approximate surface area is 147 Å². The lowest BCUT2D eigenvalue weighted by molar-refractivity contribution is -0.120. The number of rotatable bonds is 6. The van der Waals surface area contributed by atoms with Crippen LogP contribution in [0.4, 0.5) is 11.5 Å². The summed E-state index contributed by atoms with van der Waals surface area (Å²) >= 11 is 0. The number of hydrogen-bond acceptors (Lipinski definition) is 5. The molecular formula is C19H21N3O3. The maximum Gasteiger partial charge on any atom is 0.265 e. The Morgan fingerprint density at radius 1 is 1.24 bits per heavy atom. The van der Waals surface area contributed by atoms with Gasteiger partial charge in [-0.15, -0.1) is 6.58 Å². The number of anilines is 2. The van der Waals surface area contributed by atoms with Gasteiger partial charge in [-0.05, 0) is 36.4 Å². The number of ether oxygens (including phenoxy) is 2. The van der Waals surface area contributed by atoms with Gasteiger partial charge in [0.25, 0.3) is 5.91 Å². The van der Waals surface area contributed by atoms with E-state index in [4.69, 9.17) is 9.47 Å². The number of fused-ring (bicyclic) bond motifs is 1. The van der Waals surface area contributed by atoms with Gasteiger partial charge >= 0.3 is 0 Å². The van der Waals surface area contributed by atoms with E-state index >= 15 is 0 Å². The smallest absolute Gasteiger partial charge is 0.265 e. The normalized spacial score (nSPS) is 13.2. The Bertz CT molecular complexity index is 746. The van der Waals surface area contributed by atoms with Gasteiger partial charge in [0.2, 0.25) is 0 Å². The lowest BCUT2D eigenvalue weighted by Crippen LogP contribution is -2.46. The molecule has 0 N–H and O–H groups in total. The summed E-state index contributed by atoms with van der Waals surface area (Å²) in [5.41, 5.74) is 0.805. The molecule has 3 rings (SSSR count). The topological polar surface area (TPSA) is 54.9 Å². The fourth-order valence-corrected chi connectivity index (χ4v) is 2.78. The summed E-state index contributed by atoms with van der Waals surface area (Å²) in [6.45, 7) is 5.76. The van der Waals surface area contributed by atoms with Crippen LogP contribution in [-0.4, -0.2) is 44.2 Å². The fraction of sp³-hybridized carbons (Fsp3) is 0.263. The third-order valence-electron chi connectivity index (χ3n) is 4.02. The van der Waals surface area contributed by atoms with Gasteiger partial charge in [0.15, 0.2) is 12.4 Å². The van der Waals surface area contributed by atoms with Crippen LogP contribution in [-0.2, 0) is 4.79 Å². The van der Waals surface area contributed by atoms with Gasteiger partial charge in [0, 0.05) is 25.8 Å².